The second-order valence-corrected chi connectivity index (χ2v) is 31.3. The lowest BCUT2D eigenvalue weighted by Gasteiger charge is -2.37. The Balaban J connectivity index is -0.000000398. The summed E-state index contributed by atoms with van der Waals surface area (Å²) in [5, 5.41) is 8.79. The van der Waals surface area contributed by atoms with E-state index in [1.807, 2.05) is 62.3 Å². The second kappa shape index (κ2) is 64.2. The van der Waals surface area contributed by atoms with Crippen molar-refractivity contribution in [3.63, 3.8) is 0 Å². The lowest BCUT2D eigenvalue weighted by Crippen LogP contribution is -2.36. The van der Waals surface area contributed by atoms with Crippen molar-refractivity contribution in [1.82, 2.24) is 9.34 Å². The number of rotatable bonds is 54. The van der Waals surface area contributed by atoms with Crippen LogP contribution in [0.2, 0.25) is 0 Å². The van der Waals surface area contributed by atoms with Crippen molar-refractivity contribution < 1.29 is 94.6 Å². The van der Waals surface area contributed by atoms with Gasteiger partial charge in [-0.15, -0.1) is 0 Å². The van der Waals surface area contributed by atoms with Crippen molar-refractivity contribution in [3.05, 3.63) is 0 Å². The summed E-state index contributed by atoms with van der Waals surface area (Å²) in [6.07, 6.45) is 6.40. The van der Waals surface area contributed by atoms with Gasteiger partial charge in [-0.05, 0) is 121 Å². The minimum atomic E-state index is -1.30. The quantitative estimate of drug-likeness (QED) is 0.0236. The molecule has 0 aromatic carbocycles. The Bertz CT molecular complexity index is 2510. The smallest absolute Gasteiger partial charge is 0.306 e. The third kappa shape index (κ3) is 55.6. The Morgan fingerprint density at radius 1 is 0.356 bits per heavy atom. The zero-order valence-electron chi connectivity index (χ0n) is 69.5. The molecular weight excluding hydrogens is 1370 g/mol. The fourth-order valence-electron chi connectivity index (χ4n) is 9.28. The van der Waals surface area contributed by atoms with E-state index in [9.17, 15) is 62.3 Å². The van der Waals surface area contributed by atoms with E-state index < -0.39 is 47.2 Å². The van der Waals surface area contributed by atoms with Gasteiger partial charge in [-0.2, -0.15) is 5.26 Å². The van der Waals surface area contributed by atoms with E-state index in [-0.39, 0.29) is 169 Å². The molecule has 0 aliphatic heterocycles. The summed E-state index contributed by atoms with van der Waals surface area (Å²) in [5.74, 6) is -1.40. The van der Waals surface area contributed by atoms with Crippen LogP contribution in [0.5, 0.6) is 0 Å². The Kier molecular flexibility index (Phi) is 66.6. The molecule has 0 spiro atoms. The summed E-state index contributed by atoms with van der Waals surface area (Å²) in [6.45, 7) is 52.5. The summed E-state index contributed by atoms with van der Waals surface area (Å²) in [6, 6.07) is 3.23. The van der Waals surface area contributed by atoms with Crippen molar-refractivity contribution in [2.45, 2.75) is 383 Å². The summed E-state index contributed by atoms with van der Waals surface area (Å²) in [5.41, 5.74) is 0. The van der Waals surface area contributed by atoms with Crippen LogP contribution in [0.1, 0.15) is 328 Å². The molecule has 0 amide bonds. The molecule has 104 heavy (non-hydrogen) atoms. The number of esters is 3. The number of carbonyl (C=O) groups excluding carboxylic acids is 13. The van der Waals surface area contributed by atoms with Crippen molar-refractivity contribution in [2.24, 2.45) is 29.6 Å². The summed E-state index contributed by atoms with van der Waals surface area (Å²) in [7, 11) is -2.50. The summed E-state index contributed by atoms with van der Waals surface area (Å²) >= 11 is 0. The van der Waals surface area contributed by atoms with Gasteiger partial charge in [0.2, 0.25) is 0 Å². The molecular formula is C79H143N3O20P2. The van der Waals surface area contributed by atoms with E-state index in [2.05, 4.69) is 77.7 Å². The van der Waals surface area contributed by atoms with E-state index >= 15 is 0 Å². The molecule has 0 saturated heterocycles. The van der Waals surface area contributed by atoms with Gasteiger partial charge in [0.25, 0.3) is 17.1 Å². The fourth-order valence-corrected chi connectivity index (χ4v) is 13.0. The van der Waals surface area contributed by atoms with Crippen molar-refractivity contribution >= 4 is 92.8 Å². The summed E-state index contributed by atoms with van der Waals surface area (Å²) < 4.78 is 44.1. The third-order valence-electron chi connectivity index (χ3n) is 15.7. The highest BCUT2D eigenvalue weighted by Gasteiger charge is 2.34. The van der Waals surface area contributed by atoms with Crippen molar-refractivity contribution in [1.29, 1.82) is 5.26 Å². The standard InChI is InChI=1S/C21H39N2O4P.C17H28O5.C16H34NO3P.C13H22O4.C12H20O4/c1-8-20(12-10-19(24)11-13-21(25)16(2)3)27-28(26-15-9-14-22)23(17(4)5)18(6)7;1-5-15(22-17(21)11-6-13(4)18)9-7-14(19)8-10-16(20)12(2)3;1-9-11-19-21(17(13(5)6)14(7)8)20-15(10-2)16(18)12(3)4;1-5-10(14)7-8-12(15)17-11(6-2)13(16)9(3)4;1-5-10(12(15)8(2)3)16-11(14)7-6-9(4)13/h16-18,20H,8-13,15H2,1-7H3;12,15H,5-11H2,1-4H3;12-15H,9-11H2,1-8H3;9,11H,5-8H2,1-4H3;8,10H,5-7H2,1-4H3. The molecule has 0 saturated carbocycles. The van der Waals surface area contributed by atoms with Gasteiger partial charge in [0.05, 0.1) is 51.1 Å². The first kappa shape index (κ1) is 108. The van der Waals surface area contributed by atoms with Gasteiger partial charge < -0.3 is 41.9 Å². The number of ketones is 10. The average Bonchev–Trinajstić information content (AvgIpc) is 0.863. The molecule has 25 heteroatoms. The fraction of sp³-hybridized carbons (Fsp3) is 0.823. The van der Waals surface area contributed by atoms with E-state index in [0.717, 1.165) is 12.8 Å². The monoisotopic (exact) mass is 1520 g/mol. The number of hydrogen-bond donors (Lipinski definition) is 0. The molecule has 0 N–H and O–H groups in total. The first-order chi connectivity index (χ1) is 48.4. The maximum Gasteiger partial charge on any atom is 0.306 e. The lowest BCUT2D eigenvalue weighted by atomic mass is 10.0. The van der Waals surface area contributed by atoms with Crippen LogP contribution in [0.3, 0.4) is 0 Å². The van der Waals surface area contributed by atoms with Gasteiger partial charge in [-0.25, -0.2) is 9.34 Å². The molecule has 0 aromatic heterocycles. The summed E-state index contributed by atoms with van der Waals surface area (Å²) in [4.78, 5) is 149. The number of carbonyl (C=O) groups is 13. The first-order valence-corrected chi connectivity index (χ1v) is 40.6. The minimum Gasteiger partial charge on any atom is -0.462 e. The Labute approximate surface area is 630 Å². The van der Waals surface area contributed by atoms with Gasteiger partial charge >= 0.3 is 17.9 Å². The second-order valence-electron chi connectivity index (χ2n) is 28.5. The molecule has 23 nitrogen and oxygen atoms in total. The third-order valence-corrected chi connectivity index (χ3v) is 20.1. The lowest BCUT2D eigenvalue weighted by molar-refractivity contribution is -0.156. The molecule has 0 heterocycles. The van der Waals surface area contributed by atoms with E-state index in [1.54, 1.807) is 48.5 Å². The average molecular weight is 1520 g/mol. The molecule has 7 atom stereocenters. The highest BCUT2D eigenvalue weighted by Crippen LogP contribution is 2.49. The number of hydrogen-bond acceptors (Lipinski definition) is 23. The van der Waals surface area contributed by atoms with Gasteiger partial charge in [-0.1, -0.05) is 118 Å². The van der Waals surface area contributed by atoms with Crippen LogP contribution in [-0.2, 0) is 94.6 Å². The van der Waals surface area contributed by atoms with E-state index in [1.165, 1.54) is 13.8 Å². The highest BCUT2D eigenvalue weighted by molar-refractivity contribution is 7.45. The largest absolute Gasteiger partial charge is 0.462 e. The molecule has 0 bridgehead atoms. The van der Waals surface area contributed by atoms with Gasteiger partial charge in [0.1, 0.15) is 52.7 Å². The Morgan fingerprint density at radius 3 is 0.990 bits per heavy atom. The van der Waals surface area contributed by atoms with E-state index in [0.29, 0.717) is 102 Å². The van der Waals surface area contributed by atoms with Crippen LogP contribution in [0, 0.1) is 40.9 Å². The van der Waals surface area contributed by atoms with Crippen LogP contribution in [0.15, 0.2) is 0 Å². The van der Waals surface area contributed by atoms with Crippen LogP contribution < -0.4 is 0 Å². The number of ether oxygens (including phenoxy) is 3. The maximum atomic E-state index is 12.3. The van der Waals surface area contributed by atoms with Gasteiger partial charge in [0, 0.05) is 118 Å². The van der Waals surface area contributed by atoms with Gasteiger partial charge in [0.15, 0.2) is 29.6 Å². The molecule has 0 radical (unpaired) electrons. The zero-order chi connectivity index (χ0) is 81.5. The SMILES string of the molecule is CCC(=O)CCC(=O)OC(CC)C(=O)C(C)C.CCC(CCC(=O)CCC(=O)C(C)C)OC(=O)CCC(C)=O.CCC(CCC(=O)CCC(=O)C(C)C)OP(OCCC#N)N(C(C)C)C(C)C.CCC(OC(=O)CCC(C)=O)C(=O)C(C)C.CCCOP(OC(CC)C(=O)C(C)C)N(C(C)C)C(C)C. The minimum absolute atomic E-state index is 0.00970. The zero-order valence-corrected chi connectivity index (χ0v) is 71.2. The first-order valence-electron chi connectivity index (χ1n) is 38.4. The molecule has 0 aromatic rings. The predicted molar refractivity (Wildman–Crippen MR) is 412 cm³/mol. The molecule has 0 aliphatic rings. The Morgan fingerprint density at radius 2 is 0.683 bits per heavy atom. The van der Waals surface area contributed by atoms with E-state index in [4.69, 9.17) is 37.6 Å². The molecule has 604 valence electrons. The molecule has 0 rings (SSSR count). The normalized spacial score (nSPS) is 13.3. The number of nitrogens with zero attached hydrogens (tertiary/aromatic N) is 3. The van der Waals surface area contributed by atoms with Crippen LogP contribution in [0.4, 0.5) is 0 Å². The van der Waals surface area contributed by atoms with Crippen molar-refractivity contribution in [2.75, 3.05) is 13.2 Å². The molecule has 7 unspecified atom stereocenters. The molecule has 0 aliphatic carbocycles. The highest BCUT2D eigenvalue weighted by atomic mass is 31.2. The van der Waals surface area contributed by atoms with Crippen molar-refractivity contribution in [3.8, 4) is 6.07 Å². The topological polar surface area (TPSA) is 317 Å². The van der Waals surface area contributed by atoms with Crippen LogP contribution in [0.25, 0.3) is 0 Å². The predicted octanol–water partition coefficient (Wildman–Crippen LogP) is 17.4. The van der Waals surface area contributed by atoms with Gasteiger partial charge in [-0.3, -0.25) is 52.7 Å². The Hall–Kier alpha value is -4.78. The number of nitriles is 1. The maximum absolute atomic E-state index is 12.3. The number of Topliss-reactive ketones (excluding diaryl/α,β-unsaturated/α-hetero) is 10. The van der Waals surface area contributed by atoms with Crippen LogP contribution in [-0.4, -0.2) is 153 Å². The van der Waals surface area contributed by atoms with Crippen LogP contribution >= 0.6 is 17.1 Å². The molecule has 0 fully saturated rings.